The van der Waals surface area contributed by atoms with Crippen LogP contribution in [-0.4, -0.2) is 37.8 Å². The number of nitrogens with zero attached hydrogens (tertiary/aromatic N) is 1. The van der Waals surface area contributed by atoms with Crippen molar-refractivity contribution in [3.8, 4) is 0 Å². The van der Waals surface area contributed by atoms with Crippen LogP contribution in [0.5, 0.6) is 0 Å². The Morgan fingerprint density at radius 3 is 2.40 bits per heavy atom. The largest absolute Gasteiger partial charge is 0.353 e. The standard InChI is InChI=1S/C14H22N2O3S/c1-5-16(10-14(17)15-11(2)3)20(18,19)13-9-7-6-8-12(13)4/h6-9,11H,5,10H2,1-4H3,(H,15,17). The summed E-state index contributed by atoms with van der Waals surface area (Å²) in [5.74, 6) is -0.293. The van der Waals surface area contributed by atoms with E-state index >= 15 is 0 Å². The fraction of sp³-hybridized carbons (Fsp3) is 0.500. The summed E-state index contributed by atoms with van der Waals surface area (Å²) in [6.07, 6.45) is 0. The molecular formula is C14H22N2O3S. The van der Waals surface area contributed by atoms with E-state index < -0.39 is 10.0 Å². The zero-order chi connectivity index (χ0) is 15.3. The normalized spacial score (nSPS) is 11.9. The number of sulfonamides is 1. The summed E-state index contributed by atoms with van der Waals surface area (Å²) >= 11 is 0. The Labute approximate surface area is 121 Å². The van der Waals surface area contributed by atoms with Crippen LogP contribution in [0.2, 0.25) is 0 Å². The van der Waals surface area contributed by atoms with Crippen molar-refractivity contribution >= 4 is 15.9 Å². The molecule has 0 heterocycles. The topological polar surface area (TPSA) is 66.5 Å². The quantitative estimate of drug-likeness (QED) is 0.866. The van der Waals surface area contributed by atoms with Crippen LogP contribution in [0, 0.1) is 6.92 Å². The van der Waals surface area contributed by atoms with Crippen molar-refractivity contribution in [2.45, 2.75) is 38.6 Å². The molecule has 0 saturated heterocycles. The molecule has 20 heavy (non-hydrogen) atoms. The average Bonchev–Trinajstić information content (AvgIpc) is 2.35. The molecule has 1 aromatic carbocycles. The summed E-state index contributed by atoms with van der Waals surface area (Å²) < 4.78 is 26.3. The Bertz CT molecular complexity index is 568. The van der Waals surface area contributed by atoms with Crippen molar-refractivity contribution in [3.05, 3.63) is 29.8 Å². The molecule has 0 fully saturated rings. The van der Waals surface area contributed by atoms with Gasteiger partial charge in [0.2, 0.25) is 15.9 Å². The maximum atomic E-state index is 12.6. The fourth-order valence-electron chi connectivity index (χ4n) is 1.88. The SMILES string of the molecule is CCN(CC(=O)NC(C)C)S(=O)(=O)c1ccccc1C. The Morgan fingerprint density at radius 1 is 1.30 bits per heavy atom. The molecule has 0 spiro atoms. The molecule has 0 aromatic heterocycles. The summed E-state index contributed by atoms with van der Waals surface area (Å²) in [6, 6.07) is 6.77. The minimum atomic E-state index is -3.64. The number of nitrogens with one attached hydrogen (secondary N) is 1. The number of carbonyl (C=O) groups is 1. The highest BCUT2D eigenvalue weighted by atomic mass is 32.2. The molecule has 6 heteroatoms. The van der Waals surface area contributed by atoms with E-state index in [1.54, 1.807) is 38.1 Å². The number of hydrogen-bond acceptors (Lipinski definition) is 3. The van der Waals surface area contributed by atoms with E-state index in [0.29, 0.717) is 5.56 Å². The zero-order valence-electron chi connectivity index (χ0n) is 12.4. The lowest BCUT2D eigenvalue weighted by atomic mass is 10.2. The molecule has 0 atom stereocenters. The number of benzene rings is 1. The highest BCUT2D eigenvalue weighted by Crippen LogP contribution is 2.19. The van der Waals surface area contributed by atoms with Gasteiger partial charge in [0.1, 0.15) is 0 Å². The van der Waals surface area contributed by atoms with E-state index in [-0.39, 0.29) is 29.9 Å². The van der Waals surface area contributed by atoms with Crippen LogP contribution in [-0.2, 0) is 14.8 Å². The van der Waals surface area contributed by atoms with Crippen LogP contribution in [0.1, 0.15) is 26.3 Å². The lowest BCUT2D eigenvalue weighted by molar-refractivity contribution is -0.121. The Balaban J connectivity index is 3.00. The zero-order valence-corrected chi connectivity index (χ0v) is 13.2. The summed E-state index contributed by atoms with van der Waals surface area (Å²) in [5.41, 5.74) is 0.676. The lowest BCUT2D eigenvalue weighted by Crippen LogP contribution is -2.42. The minimum absolute atomic E-state index is 0.0117. The molecule has 0 radical (unpaired) electrons. The smallest absolute Gasteiger partial charge is 0.243 e. The van der Waals surface area contributed by atoms with Crippen molar-refractivity contribution in [3.63, 3.8) is 0 Å². The van der Waals surface area contributed by atoms with Crippen LogP contribution >= 0.6 is 0 Å². The van der Waals surface area contributed by atoms with Gasteiger partial charge in [0, 0.05) is 12.6 Å². The highest BCUT2D eigenvalue weighted by molar-refractivity contribution is 7.89. The number of rotatable bonds is 6. The maximum absolute atomic E-state index is 12.6. The van der Waals surface area contributed by atoms with E-state index in [0.717, 1.165) is 0 Å². The Morgan fingerprint density at radius 2 is 1.90 bits per heavy atom. The third-order valence-corrected chi connectivity index (χ3v) is 4.91. The number of amides is 1. The molecule has 5 nitrogen and oxygen atoms in total. The van der Waals surface area contributed by atoms with Gasteiger partial charge in [-0.3, -0.25) is 4.79 Å². The second-order valence-corrected chi connectivity index (χ2v) is 6.83. The van der Waals surface area contributed by atoms with Crippen LogP contribution in [0.4, 0.5) is 0 Å². The first-order valence-electron chi connectivity index (χ1n) is 6.64. The van der Waals surface area contributed by atoms with E-state index in [2.05, 4.69) is 5.32 Å². The van der Waals surface area contributed by atoms with Gasteiger partial charge in [0.15, 0.2) is 0 Å². The first kappa shape index (κ1) is 16.7. The number of hydrogen-bond donors (Lipinski definition) is 1. The molecular weight excluding hydrogens is 276 g/mol. The molecule has 0 saturated carbocycles. The van der Waals surface area contributed by atoms with Crippen LogP contribution in [0.3, 0.4) is 0 Å². The molecule has 0 aliphatic heterocycles. The monoisotopic (exact) mass is 298 g/mol. The van der Waals surface area contributed by atoms with Gasteiger partial charge in [-0.2, -0.15) is 4.31 Å². The molecule has 1 N–H and O–H groups in total. The number of carbonyl (C=O) groups excluding carboxylic acids is 1. The van der Waals surface area contributed by atoms with Gasteiger partial charge in [0.05, 0.1) is 11.4 Å². The van der Waals surface area contributed by atoms with Gasteiger partial charge in [-0.1, -0.05) is 25.1 Å². The van der Waals surface area contributed by atoms with Gasteiger partial charge in [0.25, 0.3) is 0 Å². The first-order chi connectivity index (χ1) is 9.28. The van der Waals surface area contributed by atoms with Gasteiger partial charge >= 0.3 is 0 Å². The third-order valence-electron chi connectivity index (χ3n) is 2.83. The van der Waals surface area contributed by atoms with Gasteiger partial charge < -0.3 is 5.32 Å². The van der Waals surface area contributed by atoms with Crippen molar-refractivity contribution in [2.24, 2.45) is 0 Å². The number of aryl methyl sites for hydroxylation is 1. The van der Waals surface area contributed by atoms with E-state index in [1.807, 2.05) is 13.8 Å². The van der Waals surface area contributed by atoms with Crippen LogP contribution < -0.4 is 5.32 Å². The molecule has 1 aromatic rings. The van der Waals surface area contributed by atoms with Crippen molar-refractivity contribution in [1.29, 1.82) is 0 Å². The summed E-state index contributed by atoms with van der Waals surface area (Å²) in [7, 11) is -3.64. The van der Waals surface area contributed by atoms with Crippen molar-refractivity contribution in [2.75, 3.05) is 13.1 Å². The second-order valence-electron chi connectivity index (χ2n) is 4.92. The molecule has 112 valence electrons. The Kier molecular flexibility index (Phi) is 5.71. The van der Waals surface area contributed by atoms with Gasteiger partial charge in [-0.25, -0.2) is 8.42 Å². The van der Waals surface area contributed by atoms with Crippen LogP contribution in [0.25, 0.3) is 0 Å². The number of likely N-dealkylation sites (N-methyl/N-ethyl adjacent to an activating group) is 1. The van der Waals surface area contributed by atoms with Crippen molar-refractivity contribution < 1.29 is 13.2 Å². The van der Waals surface area contributed by atoms with Crippen LogP contribution in [0.15, 0.2) is 29.2 Å². The van der Waals surface area contributed by atoms with E-state index in [4.69, 9.17) is 0 Å². The summed E-state index contributed by atoms with van der Waals surface area (Å²) in [6.45, 7) is 7.23. The molecule has 0 aliphatic carbocycles. The average molecular weight is 298 g/mol. The first-order valence-corrected chi connectivity index (χ1v) is 8.08. The van der Waals surface area contributed by atoms with E-state index in [9.17, 15) is 13.2 Å². The predicted octanol–water partition coefficient (Wildman–Crippen LogP) is 1.53. The molecule has 0 aliphatic rings. The Hall–Kier alpha value is -1.40. The molecule has 0 unspecified atom stereocenters. The predicted molar refractivity (Wildman–Crippen MR) is 78.9 cm³/mol. The van der Waals surface area contributed by atoms with Gasteiger partial charge in [-0.05, 0) is 32.4 Å². The second kappa shape index (κ2) is 6.85. The highest BCUT2D eigenvalue weighted by Gasteiger charge is 2.26. The van der Waals surface area contributed by atoms with Gasteiger partial charge in [-0.15, -0.1) is 0 Å². The molecule has 0 bridgehead atoms. The third kappa shape index (κ3) is 4.05. The fourth-order valence-corrected chi connectivity index (χ4v) is 3.51. The lowest BCUT2D eigenvalue weighted by Gasteiger charge is -2.21. The minimum Gasteiger partial charge on any atom is -0.353 e. The summed E-state index contributed by atoms with van der Waals surface area (Å²) in [4.78, 5) is 12.0. The maximum Gasteiger partial charge on any atom is 0.243 e. The molecule has 1 amide bonds. The van der Waals surface area contributed by atoms with Crippen molar-refractivity contribution in [1.82, 2.24) is 9.62 Å². The molecule has 1 rings (SSSR count). The summed E-state index contributed by atoms with van der Waals surface area (Å²) in [5, 5.41) is 2.70. The van der Waals surface area contributed by atoms with E-state index in [1.165, 1.54) is 4.31 Å².